The van der Waals surface area contributed by atoms with E-state index in [1.807, 2.05) is 42.6 Å². The van der Waals surface area contributed by atoms with Crippen molar-refractivity contribution in [2.24, 2.45) is 0 Å². The third-order valence-corrected chi connectivity index (χ3v) is 5.20. The quantitative estimate of drug-likeness (QED) is 0.409. The molecule has 0 bridgehead atoms. The van der Waals surface area contributed by atoms with E-state index in [-0.39, 0.29) is 0 Å². The fraction of sp³-hybridized carbons (Fsp3) is 0. The molecule has 2 aromatic carbocycles. The highest BCUT2D eigenvalue weighted by molar-refractivity contribution is 6.07. The lowest BCUT2D eigenvalue weighted by Gasteiger charge is -2.09. The fourth-order valence-electron chi connectivity index (χ4n) is 3.94. The molecule has 0 amide bonds. The zero-order valence-corrected chi connectivity index (χ0v) is 15.0. The van der Waals surface area contributed by atoms with Crippen LogP contribution in [-0.2, 0) is 0 Å². The van der Waals surface area contributed by atoms with Gasteiger partial charge in [0.25, 0.3) is 0 Å². The zero-order chi connectivity index (χ0) is 18.5. The largest absolute Gasteiger partial charge is 0.294 e. The predicted octanol–water partition coefficient (Wildman–Crippen LogP) is 5.49. The molecule has 0 aliphatic carbocycles. The first-order valence-corrected chi connectivity index (χ1v) is 9.28. The number of hydrogen-bond donors (Lipinski definition) is 0. The Morgan fingerprint density at radius 1 is 0.714 bits per heavy atom. The minimum Gasteiger partial charge on any atom is -0.294 e. The molecule has 4 heteroatoms. The summed E-state index contributed by atoms with van der Waals surface area (Å²) >= 11 is 0. The maximum absolute atomic E-state index is 4.89. The molecule has 4 heterocycles. The van der Waals surface area contributed by atoms with E-state index < -0.39 is 0 Å². The predicted molar refractivity (Wildman–Crippen MR) is 113 cm³/mol. The summed E-state index contributed by atoms with van der Waals surface area (Å²) in [6, 6.07) is 29.1. The molecule has 0 atom stereocenters. The molecule has 4 nitrogen and oxygen atoms in total. The van der Waals surface area contributed by atoms with Crippen molar-refractivity contribution in [1.82, 2.24) is 18.9 Å². The average molecular weight is 360 g/mol. The van der Waals surface area contributed by atoms with Gasteiger partial charge >= 0.3 is 0 Å². The Bertz CT molecular complexity index is 1430. The molecule has 0 fully saturated rings. The van der Waals surface area contributed by atoms with Crippen LogP contribution in [0.2, 0.25) is 0 Å². The van der Waals surface area contributed by atoms with Gasteiger partial charge in [0.15, 0.2) is 5.65 Å². The van der Waals surface area contributed by atoms with Crippen LogP contribution in [0, 0.1) is 0 Å². The van der Waals surface area contributed by atoms with Crippen LogP contribution >= 0.6 is 0 Å². The van der Waals surface area contributed by atoms with Crippen LogP contribution in [0.15, 0.2) is 97.3 Å². The Balaban J connectivity index is 1.64. The van der Waals surface area contributed by atoms with Gasteiger partial charge in [-0.1, -0.05) is 42.5 Å². The molecule has 4 aromatic heterocycles. The van der Waals surface area contributed by atoms with E-state index in [4.69, 9.17) is 4.98 Å². The lowest BCUT2D eigenvalue weighted by Crippen LogP contribution is -1.97. The van der Waals surface area contributed by atoms with Crippen LogP contribution in [0.4, 0.5) is 0 Å². The number of rotatable bonds is 2. The van der Waals surface area contributed by atoms with Gasteiger partial charge in [-0.05, 0) is 42.5 Å². The molecular formula is C24H16N4. The number of para-hydroxylation sites is 1. The SMILES string of the molecule is c1ccc(-c2ccc(-n3c4ccccc4c4nc5ccccn5c43)cc2)nc1. The van der Waals surface area contributed by atoms with Gasteiger partial charge in [-0.15, -0.1) is 0 Å². The number of aromatic nitrogens is 4. The van der Waals surface area contributed by atoms with Gasteiger partial charge in [-0.2, -0.15) is 0 Å². The zero-order valence-electron chi connectivity index (χ0n) is 15.0. The highest BCUT2D eigenvalue weighted by atomic mass is 15.1. The van der Waals surface area contributed by atoms with E-state index in [0.717, 1.165) is 44.7 Å². The second-order valence-corrected chi connectivity index (χ2v) is 6.83. The summed E-state index contributed by atoms with van der Waals surface area (Å²) in [7, 11) is 0. The van der Waals surface area contributed by atoms with Crippen molar-refractivity contribution in [1.29, 1.82) is 0 Å². The second kappa shape index (κ2) is 5.79. The number of fused-ring (bicyclic) bond motifs is 5. The molecule has 0 radical (unpaired) electrons. The molecule has 0 aliphatic heterocycles. The molecule has 0 saturated heterocycles. The Morgan fingerprint density at radius 3 is 2.39 bits per heavy atom. The lowest BCUT2D eigenvalue weighted by atomic mass is 10.1. The van der Waals surface area contributed by atoms with Gasteiger partial charge in [-0.25, -0.2) is 4.98 Å². The minimum atomic E-state index is 0.956. The first-order valence-electron chi connectivity index (χ1n) is 9.28. The average Bonchev–Trinajstić information content (AvgIpc) is 3.29. The third kappa shape index (κ3) is 2.12. The van der Waals surface area contributed by atoms with Gasteiger partial charge in [-0.3, -0.25) is 14.0 Å². The van der Waals surface area contributed by atoms with E-state index in [1.165, 1.54) is 0 Å². The summed E-state index contributed by atoms with van der Waals surface area (Å²) in [6.45, 7) is 0. The van der Waals surface area contributed by atoms with E-state index >= 15 is 0 Å². The van der Waals surface area contributed by atoms with Crippen molar-refractivity contribution < 1.29 is 0 Å². The van der Waals surface area contributed by atoms with Crippen molar-refractivity contribution in [3.63, 3.8) is 0 Å². The highest BCUT2D eigenvalue weighted by Crippen LogP contribution is 2.32. The molecule has 6 rings (SSSR count). The molecule has 0 unspecified atom stereocenters. The number of imidazole rings is 1. The van der Waals surface area contributed by atoms with Crippen LogP contribution in [-0.4, -0.2) is 18.9 Å². The second-order valence-electron chi connectivity index (χ2n) is 6.83. The minimum absolute atomic E-state index is 0.956. The highest BCUT2D eigenvalue weighted by Gasteiger charge is 2.17. The number of hydrogen-bond acceptors (Lipinski definition) is 2. The monoisotopic (exact) mass is 360 g/mol. The number of nitrogens with zero attached hydrogens (tertiary/aromatic N) is 4. The van der Waals surface area contributed by atoms with E-state index in [1.54, 1.807) is 0 Å². The van der Waals surface area contributed by atoms with Crippen LogP contribution < -0.4 is 0 Å². The summed E-state index contributed by atoms with van der Waals surface area (Å²) in [5, 5.41) is 1.16. The van der Waals surface area contributed by atoms with Crippen molar-refractivity contribution in [2.45, 2.75) is 0 Å². The van der Waals surface area contributed by atoms with Gasteiger partial charge in [0.2, 0.25) is 0 Å². The van der Waals surface area contributed by atoms with Crippen LogP contribution in [0.25, 0.3) is 44.7 Å². The Kier molecular flexibility index (Phi) is 3.14. The topological polar surface area (TPSA) is 35.1 Å². The molecule has 132 valence electrons. The van der Waals surface area contributed by atoms with Crippen LogP contribution in [0.5, 0.6) is 0 Å². The molecular weight excluding hydrogens is 344 g/mol. The summed E-state index contributed by atoms with van der Waals surface area (Å²) in [5.74, 6) is 0. The number of pyridine rings is 2. The summed E-state index contributed by atoms with van der Waals surface area (Å²) < 4.78 is 4.44. The molecule has 6 aromatic rings. The van der Waals surface area contributed by atoms with Crippen molar-refractivity contribution in [3.05, 3.63) is 97.3 Å². The maximum atomic E-state index is 4.89. The van der Waals surface area contributed by atoms with E-state index in [9.17, 15) is 0 Å². The van der Waals surface area contributed by atoms with Gasteiger partial charge in [0.1, 0.15) is 11.2 Å². The first kappa shape index (κ1) is 15.2. The molecule has 0 saturated carbocycles. The molecule has 0 N–H and O–H groups in total. The Morgan fingerprint density at radius 2 is 1.54 bits per heavy atom. The van der Waals surface area contributed by atoms with Crippen molar-refractivity contribution in [2.75, 3.05) is 0 Å². The smallest absolute Gasteiger partial charge is 0.150 e. The van der Waals surface area contributed by atoms with E-state index in [2.05, 4.69) is 68.7 Å². The van der Waals surface area contributed by atoms with Gasteiger partial charge in [0.05, 0.1) is 11.2 Å². The third-order valence-electron chi connectivity index (χ3n) is 5.20. The molecule has 0 spiro atoms. The first-order chi connectivity index (χ1) is 13.9. The fourth-order valence-corrected chi connectivity index (χ4v) is 3.94. The van der Waals surface area contributed by atoms with Gasteiger partial charge < -0.3 is 0 Å². The molecule has 0 aliphatic rings. The Labute approximate surface area is 161 Å². The molecule has 28 heavy (non-hydrogen) atoms. The Hall–Kier alpha value is -3.92. The normalized spacial score (nSPS) is 11.6. The number of benzene rings is 2. The summed E-state index contributed by atoms with van der Waals surface area (Å²) in [5.41, 5.74) is 7.41. The van der Waals surface area contributed by atoms with Crippen LogP contribution in [0.1, 0.15) is 0 Å². The maximum Gasteiger partial charge on any atom is 0.150 e. The lowest BCUT2D eigenvalue weighted by molar-refractivity contribution is 1.09. The van der Waals surface area contributed by atoms with Crippen LogP contribution in [0.3, 0.4) is 0 Å². The van der Waals surface area contributed by atoms with Crippen molar-refractivity contribution in [3.8, 4) is 16.9 Å². The standard InChI is InChI=1S/C24H16N4/c1-2-9-21-19(7-1)23-24(27-16-6-4-10-22(27)26-23)28(21)18-13-11-17(12-14-18)20-8-3-5-15-25-20/h1-16H. The van der Waals surface area contributed by atoms with Crippen molar-refractivity contribution >= 4 is 27.7 Å². The summed E-state index contributed by atoms with van der Waals surface area (Å²) in [6.07, 6.45) is 3.90. The van der Waals surface area contributed by atoms with E-state index in [0.29, 0.717) is 0 Å². The van der Waals surface area contributed by atoms with Gasteiger partial charge in [0, 0.05) is 29.0 Å². The summed E-state index contributed by atoms with van der Waals surface area (Å²) in [4.78, 5) is 9.34.